The van der Waals surface area contributed by atoms with Crippen molar-refractivity contribution in [1.29, 1.82) is 0 Å². The van der Waals surface area contributed by atoms with Gasteiger partial charge in [-0.1, -0.05) is 31.4 Å². The van der Waals surface area contributed by atoms with Crippen LogP contribution in [0.15, 0.2) is 21.5 Å². The maximum absolute atomic E-state index is 12.9. The van der Waals surface area contributed by atoms with E-state index < -0.39 is 10.0 Å². The minimum absolute atomic E-state index is 0.0239. The molecule has 2 atom stereocenters. The number of sulfonamides is 1. The summed E-state index contributed by atoms with van der Waals surface area (Å²) < 4.78 is 27.6. The van der Waals surface area contributed by atoms with Gasteiger partial charge in [0.2, 0.25) is 10.0 Å². The van der Waals surface area contributed by atoms with Crippen molar-refractivity contribution in [2.45, 2.75) is 43.5 Å². The SMILES string of the molecule is CC1CCCCC1N(C)S(=O)(=O)c1cc(Cl)cc(N)c1Br. The predicted molar refractivity (Wildman–Crippen MR) is 89.9 cm³/mol. The van der Waals surface area contributed by atoms with Crippen LogP contribution in [0.2, 0.25) is 5.02 Å². The van der Waals surface area contributed by atoms with Gasteiger partial charge in [-0.25, -0.2) is 8.42 Å². The average Bonchev–Trinajstić information content (AvgIpc) is 2.42. The minimum atomic E-state index is -3.63. The summed E-state index contributed by atoms with van der Waals surface area (Å²) >= 11 is 9.23. The molecule has 7 heteroatoms. The first-order valence-electron chi connectivity index (χ1n) is 6.97. The second kappa shape index (κ2) is 6.44. The molecule has 118 valence electrons. The van der Waals surface area contributed by atoms with Crippen LogP contribution < -0.4 is 5.73 Å². The average molecular weight is 396 g/mol. The number of benzene rings is 1. The second-order valence-corrected chi connectivity index (χ2v) is 8.85. The van der Waals surface area contributed by atoms with Gasteiger partial charge in [0, 0.05) is 23.8 Å². The van der Waals surface area contributed by atoms with Crippen molar-refractivity contribution in [2.24, 2.45) is 5.92 Å². The number of hydrogen-bond donors (Lipinski definition) is 1. The minimum Gasteiger partial charge on any atom is -0.398 e. The smallest absolute Gasteiger partial charge is 0.244 e. The largest absolute Gasteiger partial charge is 0.398 e. The van der Waals surface area contributed by atoms with Gasteiger partial charge in [0.05, 0.1) is 9.37 Å². The van der Waals surface area contributed by atoms with E-state index in [-0.39, 0.29) is 10.9 Å². The van der Waals surface area contributed by atoms with Crippen LogP contribution in [0.4, 0.5) is 5.69 Å². The fraction of sp³-hybridized carbons (Fsp3) is 0.571. The zero-order valence-corrected chi connectivity index (χ0v) is 15.3. The molecule has 0 saturated heterocycles. The van der Waals surface area contributed by atoms with E-state index in [1.54, 1.807) is 7.05 Å². The molecule has 0 amide bonds. The van der Waals surface area contributed by atoms with Gasteiger partial charge in [0.1, 0.15) is 0 Å². The quantitative estimate of drug-likeness (QED) is 0.790. The Hall–Kier alpha value is -0.300. The van der Waals surface area contributed by atoms with E-state index >= 15 is 0 Å². The van der Waals surface area contributed by atoms with Crippen LogP contribution in [0, 0.1) is 5.92 Å². The summed E-state index contributed by atoms with van der Waals surface area (Å²) in [6.07, 6.45) is 4.18. The second-order valence-electron chi connectivity index (χ2n) is 5.66. The molecule has 1 aliphatic rings. The first-order valence-corrected chi connectivity index (χ1v) is 9.58. The van der Waals surface area contributed by atoms with Gasteiger partial charge < -0.3 is 5.73 Å². The van der Waals surface area contributed by atoms with Gasteiger partial charge >= 0.3 is 0 Å². The topological polar surface area (TPSA) is 63.4 Å². The Labute approximate surface area is 139 Å². The van der Waals surface area contributed by atoms with Crippen molar-refractivity contribution < 1.29 is 8.42 Å². The lowest BCUT2D eigenvalue weighted by molar-refractivity contribution is 0.213. The standard InChI is InChI=1S/C14H20BrClN2O2S/c1-9-5-3-4-6-12(9)18(2)21(19,20)13-8-10(16)7-11(17)14(13)15/h7-9,12H,3-6,17H2,1-2H3. The highest BCUT2D eigenvalue weighted by Crippen LogP contribution is 2.36. The van der Waals surface area contributed by atoms with E-state index in [2.05, 4.69) is 22.9 Å². The third-order valence-electron chi connectivity index (χ3n) is 4.22. The van der Waals surface area contributed by atoms with Crippen molar-refractivity contribution in [3.8, 4) is 0 Å². The van der Waals surface area contributed by atoms with E-state index in [1.807, 2.05) is 0 Å². The monoisotopic (exact) mass is 394 g/mol. The summed E-state index contributed by atoms with van der Waals surface area (Å²) in [5.41, 5.74) is 6.13. The first kappa shape index (κ1) is 17.1. The van der Waals surface area contributed by atoms with Gasteiger partial charge in [-0.15, -0.1) is 0 Å². The van der Waals surface area contributed by atoms with Crippen molar-refractivity contribution in [1.82, 2.24) is 4.31 Å². The first-order chi connectivity index (χ1) is 9.75. The zero-order valence-electron chi connectivity index (χ0n) is 12.1. The Balaban J connectivity index is 2.42. The number of rotatable bonds is 3. The van der Waals surface area contributed by atoms with Crippen molar-refractivity contribution in [3.05, 3.63) is 21.6 Å². The summed E-state index contributed by atoms with van der Waals surface area (Å²) in [4.78, 5) is 0.132. The maximum Gasteiger partial charge on any atom is 0.244 e. The molecule has 21 heavy (non-hydrogen) atoms. The van der Waals surface area contributed by atoms with E-state index in [9.17, 15) is 8.42 Å². The van der Waals surface area contributed by atoms with E-state index in [0.29, 0.717) is 21.1 Å². The van der Waals surface area contributed by atoms with Gasteiger partial charge in [0.25, 0.3) is 0 Å². The molecular formula is C14H20BrClN2O2S. The Morgan fingerprint density at radius 2 is 1.95 bits per heavy atom. The van der Waals surface area contributed by atoms with Gasteiger partial charge in [-0.05, 0) is 46.8 Å². The lowest BCUT2D eigenvalue weighted by Crippen LogP contribution is -2.42. The Morgan fingerprint density at radius 1 is 1.33 bits per heavy atom. The summed E-state index contributed by atoms with van der Waals surface area (Å²) in [6.45, 7) is 2.11. The highest BCUT2D eigenvalue weighted by atomic mass is 79.9. The third-order valence-corrected chi connectivity index (χ3v) is 7.49. The van der Waals surface area contributed by atoms with Crippen LogP contribution in [-0.2, 0) is 10.0 Å². The lowest BCUT2D eigenvalue weighted by atomic mass is 9.86. The summed E-state index contributed by atoms with van der Waals surface area (Å²) in [6, 6.07) is 3.01. The molecule has 1 aromatic rings. The summed E-state index contributed by atoms with van der Waals surface area (Å²) in [7, 11) is -1.98. The maximum atomic E-state index is 12.9. The molecule has 1 saturated carbocycles. The lowest BCUT2D eigenvalue weighted by Gasteiger charge is -2.35. The fourth-order valence-electron chi connectivity index (χ4n) is 2.94. The molecule has 0 aliphatic heterocycles. The molecule has 1 aliphatic carbocycles. The Bertz CT molecular complexity index is 636. The molecule has 1 aromatic carbocycles. The molecule has 2 N–H and O–H groups in total. The summed E-state index contributed by atoms with van der Waals surface area (Å²) in [5, 5.41) is 0.319. The molecule has 0 radical (unpaired) electrons. The van der Waals surface area contributed by atoms with Crippen molar-refractivity contribution >= 4 is 43.2 Å². The highest BCUT2D eigenvalue weighted by Gasteiger charge is 2.34. The number of nitrogens with zero attached hydrogens (tertiary/aromatic N) is 1. The highest BCUT2D eigenvalue weighted by molar-refractivity contribution is 9.10. The molecule has 0 aromatic heterocycles. The zero-order chi connectivity index (χ0) is 15.8. The molecule has 4 nitrogen and oxygen atoms in total. The van der Waals surface area contributed by atoms with Crippen LogP contribution >= 0.6 is 27.5 Å². The number of halogens is 2. The van der Waals surface area contributed by atoms with Gasteiger partial charge in [-0.3, -0.25) is 0 Å². The Kier molecular flexibility index (Phi) is 5.23. The van der Waals surface area contributed by atoms with Crippen molar-refractivity contribution in [3.63, 3.8) is 0 Å². The van der Waals surface area contributed by atoms with Crippen LogP contribution in [0.3, 0.4) is 0 Å². The van der Waals surface area contributed by atoms with Gasteiger partial charge in [0.15, 0.2) is 0 Å². The molecule has 0 spiro atoms. The number of nitrogens with two attached hydrogens (primary N) is 1. The Morgan fingerprint density at radius 3 is 2.57 bits per heavy atom. The third kappa shape index (κ3) is 3.38. The van der Waals surface area contributed by atoms with Crippen molar-refractivity contribution in [2.75, 3.05) is 12.8 Å². The van der Waals surface area contributed by atoms with Gasteiger partial charge in [-0.2, -0.15) is 4.31 Å². The van der Waals surface area contributed by atoms with E-state index in [1.165, 1.54) is 22.9 Å². The van der Waals surface area contributed by atoms with E-state index in [4.69, 9.17) is 17.3 Å². The number of nitrogen functional groups attached to an aromatic ring is 1. The molecule has 1 fully saturated rings. The molecule has 2 unspecified atom stereocenters. The van der Waals surface area contributed by atoms with E-state index in [0.717, 1.165) is 19.3 Å². The van der Waals surface area contributed by atoms with Crippen LogP contribution in [0.25, 0.3) is 0 Å². The molecule has 0 bridgehead atoms. The molecule has 0 heterocycles. The fourth-order valence-corrected chi connectivity index (χ4v) is 5.68. The normalized spacial score (nSPS) is 23.5. The number of hydrogen-bond acceptors (Lipinski definition) is 3. The molecular weight excluding hydrogens is 376 g/mol. The number of anilines is 1. The van der Waals surface area contributed by atoms with Crippen LogP contribution in [0.1, 0.15) is 32.6 Å². The van der Waals surface area contributed by atoms with Crippen LogP contribution in [-0.4, -0.2) is 25.8 Å². The molecule has 2 rings (SSSR count). The van der Waals surface area contributed by atoms with Crippen LogP contribution in [0.5, 0.6) is 0 Å². The summed E-state index contributed by atoms with van der Waals surface area (Å²) in [5.74, 6) is 0.355. The predicted octanol–water partition coefficient (Wildman–Crippen LogP) is 3.88.